The Morgan fingerprint density at radius 2 is 0.942 bits per heavy atom. The molecule has 9 aromatic rings. The van der Waals surface area contributed by atoms with Crippen molar-refractivity contribution in [1.82, 2.24) is 4.57 Å². The second kappa shape index (κ2) is 12.4. The molecule has 246 valence electrons. The first kappa shape index (κ1) is 29.8. The fraction of sp³-hybridized carbons (Fsp3) is 0. The Hall–Kier alpha value is -7.04. The monoisotopic (exact) mass is 667 g/mol. The smallest absolute Gasteiger partial charge is 0.152 e. The number of para-hydroxylation sites is 6. The summed E-state index contributed by atoms with van der Waals surface area (Å²) in [5, 5.41) is 2.45. The van der Waals surface area contributed by atoms with Gasteiger partial charge in [-0.05, 0) is 108 Å². The number of ether oxygens (including phenoxy) is 1. The molecule has 1 aromatic heterocycles. The van der Waals surface area contributed by atoms with E-state index in [2.05, 4.69) is 196 Å². The van der Waals surface area contributed by atoms with Gasteiger partial charge in [0, 0.05) is 39.2 Å². The van der Waals surface area contributed by atoms with Crippen LogP contribution in [-0.4, -0.2) is 4.57 Å². The third-order valence-corrected chi connectivity index (χ3v) is 9.94. The summed E-state index contributed by atoms with van der Waals surface area (Å²) in [5.74, 6) is 1.67. The number of benzene rings is 8. The van der Waals surface area contributed by atoms with E-state index in [0.717, 1.165) is 62.4 Å². The van der Waals surface area contributed by atoms with Crippen LogP contribution in [0.4, 0.5) is 34.1 Å². The van der Waals surface area contributed by atoms with Gasteiger partial charge in [-0.2, -0.15) is 0 Å². The zero-order valence-corrected chi connectivity index (χ0v) is 28.3. The van der Waals surface area contributed by atoms with Crippen molar-refractivity contribution in [3.05, 3.63) is 200 Å². The molecule has 0 atom stereocenters. The highest BCUT2D eigenvalue weighted by atomic mass is 16.5. The van der Waals surface area contributed by atoms with Gasteiger partial charge in [0.2, 0.25) is 0 Å². The molecule has 2 heterocycles. The van der Waals surface area contributed by atoms with Gasteiger partial charge in [-0.15, -0.1) is 0 Å². The molecule has 0 spiro atoms. The number of rotatable bonds is 6. The summed E-state index contributed by atoms with van der Waals surface area (Å²) in [5.41, 5.74) is 12.2. The summed E-state index contributed by atoms with van der Waals surface area (Å²) >= 11 is 0. The predicted molar refractivity (Wildman–Crippen MR) is 216 cm³/mol. The number of fused-ring (bicyclic) bond motifs is 5. The highest BCUT2D eigenvalue weighted by Gasteiger charge is 2.26. The number of aromatic nitrogens is 1. The summed E-state index contributed by atoms with van der Waals surface area (Å²) in [6.07, 6.45) is 0. The molecule has 0 fully saturated rings. The van der Waals surface area contributed by atoms with E-state index < -0.39 is 0 Å². The van der Waals surface area contributed by atoms with Crippen LogP contribution in [0.3, 0.4) is 0 Å². The maximum atomic E-state index is 6.51. The van der Waals surface area contributed by atoms with E-state index in [1.165, 1.54) is 21.8 Å². The summed E-state index contributed by atoms with van der Waals surface area (Å²) < 4.78 is 8.87. The fourth-order valence-electron chi connectivity index (χ4n) is 7.57. The minimum atomic E-state index is 0.831. The first-order chi connectivity index (χ1) is 25.8. The van der Waals surface area contributed by atoms with Crippen molar-refractivity contribution < 1.29 is 4.74 Å². The van der Waals surface area contributed by atoms with E-state index in [4.69, 9.17) is 4.74 Å². The van der Waals surface area contributed by atoms with Crippen LogP contribution >= 0.6 is 0 Å². The van der Waals surface area contributed by atoms with Crippen LogP contribution < -0.4 is 14.5 Å². The van der Waals surface area contributed by atoms with Gasteiger partial charge in [0.15, 0.2) is 11.5 Å². The Kier molecular flexibility index (Phi) is 7.10. The molecule has 0 unspecified atom stereocenters. The Labute approximate surface area is 302 Å². The molecule has 1 aliphatic heterocycles. The van der Waals surface area contributed by atoms with Crippen LogP contribution in [0, 0.1) is 0 Å². The Morgan fingerprint density at radius 1 is 0.365 bits per heavy atom. The lowest BCUT2D eigenvalue weighted by Gasteiger charge is -2.33. The number of nitrogens with zero attached hydrogens (tertiary/aromatic N) is 3. The molecule has 0 amide bonds. The van der Waals surface area contributed by atoms with Crippen molar-refractivity contribution in [2.24, 2.45) is 0 Å². The van der Waals surface area contributed by atoms with Crippen molar-refractivity contribution >= 4 is 55.9 Å². The molecule has 0 N–H and O–H groups in total. The van der Waals surface area contributed by atoms with Crippen molar-refractivity contribution in [1.29, 1.82) is 0 Å². The first-order valence-corrected chi connectivity index (χ1v) is 17.6. The molecule has 52 heavy (non-hydrogen) atoms. The molecule has 0 saturated carbocycles. The zero-order chi connectivity index (χ0) is 34.4. The van der Waals surface area contributed by atoms with Gasteiger partial charge in [0.05, 0.1) is 22.4 Å². The zero-order valence-electron chi connectivity index (χ0n) is 28.3. The molecule has 8 aromatic carbocycles. The largest absolute Gasteiger partial charge is 0.453 e. The molecule has 0 bridgehead atoms. The molecule has 1 aliphatic rings. The maximum Gasteiger partial charge on any atom is 0.152 e. The lowest BCUT2D eigenvalue weighted by Crippen LogP contribution is -2.15. The van der Waals surface area contributed by atoms with Gasteiger partial charge in [0.25, 0.3) is 0 Å². The molecule has 0 aliphatic carbocycles. The fourth-order valence-corrected chi connectivity index (χ4v) is 7.57. The Bertz CT molecular complexity index is 2700. The second-order valence-corrected chi connectivity index (χ2v) is 13.0. The van der Waals surface area contributed by atoms with E-state index >= 15 is 0 Å². The van der Waals surface area contributed by atoms with Crippen LogP contribution in [0.25, 0.3) is 38.6 Å². The van der Waals surface area contributed by atoms with E-state index in [-0.39, 0.29) is 0 Å². The standard InChI is InChI=1S/C48H33N3O/c1-4-14-36(15-5-1)49(40-29-31-44-42(33-40)41-20-10-11-21-43(41)50(44)37-16-6-2-7-17-37)39-27-24-34(25-28-39)35-26-30-46-48(32-35)52-47-23-13-12-22-45(47)51(46)38-18-8-3-9-19-38/h1-33H. The maximum absolute atomic E-state index is 6.51. The SMILES string of the molecule is c1ccc(N(c2ccc(-c3ccc4c(c3)Oc3ccccc3N4c3ccccc3)cc2)c2ccc3c(c2)c2ccccc2n3-c2ccccc2)cc1. The van der Waals surface area contributed by atoms with E-state index in [1.807, 2.05) is 18.2 Å². The number of hydrogen-bond donors (Lipinski definition) is 0. The quantitative estimate of drug-likeness (QED) is 0.176. The van der Waals surface area contributed by atoms with Crippen molar-refractivity contribution in [3.8, 4) is 28.3 Å². The Balaban J connectivity index is 1.05. The average Bonchev–Trinajstić information content (AvgIpc) is 3.55. The lowest BCUT2D eigenvalue weighted by atomic mass is 10.0. The van der Waals surface area contributed by atoms with Crippen molar-refractivity contribution in [2.45, 2.75) is 0 Å². The summed E-state index contributed by atoms with van der Waals surface area (Å²) in [6.45, 7) is 0. The van der Waals surface area contributed by atoms with Crippen LogP contribution in [0.1, 0.15) is 0 Å². The highest BCUT2D eigenvalue weighted by Crippen LogP contribution is 2.51. The van der Waals surface area contributed by atoms with Crippen LogP contribution in [0.15, 0.2) is 200 Å². The van der Waals surface area contributed by atoms with Crippen molar-refractivity contribution in [3.63, 3.8) is 0 Å². The highest BCUT2D eigenvalue weighted by molar-refractivity contribution is 6.10. The number of anilines is 6. The van der Waals surface area contributed by atoms with Gasteiger partial charge in [-0.3, -0.25) is 0 Å². The predicted octanol–water partition coefficient (Wildman–Crippen LogP) is 13.5. The average molecular weight is 668 g/mol. The van der Waals surface area contributed by atoms with Gasteiger partial charge < -0.3 is 19.1 Å². The second-order valence-electron chi connectivity index (χ2n) is 13.0. The molecule has 4 nitrogen and oxygen atoms in total. The molecular weight excluding hydrogens is 635 g/mol. The molecule has 0 radical (unpaired) electrons. The van der Waals surface area contributed by atoms with Gasteiger partial charge in [0.1, 0.15) is 0 Å². The normalized spacial score (nSPS) is 12.0. The third-order valence-electron chi connectivity index (χ3n) is 9.94. The van der Waals surface area contributed by atoms with E-state index in [0.29, 0.717) is 0 Å². The van der Waals surface area contributed by atoms with Gasteiger partial charge in [-0.1, -0.05) is 103 Å². The van der Waals surface area contributed by atoms with Crippen LogP contribution in [-0.2, 0) is 0 Å². The molecular formula is C48H33N3O. The van der Waals surface area contributed by atoms with Gasteiger partial charge >= 0.3 is 0 Å². The third kappa shape index (κ3) is 5.00. The van der Waals surface area contributed by atoms with Crippen LogP contribution in [0.2, 0.25) is 0 Å². The lowest BCUT2D eigenvalue weighted by molar-refractivity contribution is 0.477. The molecule has 0 saturated heterocycles. The minimum Gasteiger partial charge on any atom is -0.453 e. The summed E-state index contributed by atoms with van der Waals surface area (Å²) in [4.78, 5) is 4.61. The van der Waals surface area contributed by atoms with Crippen LogP contribution in [0.5, 0.6) is 11.5 Å². The summed E-state index contributed by atoms with van der Waals surface area (Å²) in [7, 11) is 0. The van der Waals surface area contributed by atoms with E-state index in [9.17, 15) is 0 Å². The Morgan fingerprint density at radius 3 is 1.73 bits per heavy atom. The number of hydrogen-bond acceptors (Lipinski definition) is 3. The van der Waals surface area contributed by atoms with E-state index in [1.54, 1.807) is 0 Å². The topological polar surface area (TPSA) is 20.6 Å². The minimum absolute atomic E-state index is 0.831. The molecule has 4 heteroatoms. The van der Waals surface area contributed by atoms with Gasteiger partial charge in [-0.25, -0.2) is 0 Å². The summed E-state index contributed by atoms with van der Waals surface area (Å²) in [6, 6.07) is 70.7. The first-order valence-electron chi connectivity index (χ1n) is 17.6. The molecule has 10 rings (SSSR count). The van der Waals surface area contributed by atoms with Crippen molar-refractivity contribution in [2.75, 3.05) is 9.80 Å².